The molecule has 0 bridgehead atoms. The molecule has 1 aromatic rings. The van der Waals surface area contributed by atoms with Crippen LogP contribution in [0.2, 0.25) is 5.02 Å². The Labute approximate surface area is 126 Å². The third kappa shape index (κ3) is 2.94. The summed E-state index contributed by atoms with van der Waals surface area (Å²) in [6.07, 6.45) is 3.54. The first-order valence-corrected chi connectivity index (χ1v) is 7.88. The average Bonchev–Trinajstić information content (AvgIpc) is 3.23. The van der Waals surface area contributed by atoms with Crippen molar-refractivity contribution < 1.29 is 14.7 Å². The summed E-state index contributed by atoms with van der Waals surface area (Å²) in [6.45, 7) is 1.55. The summed E-state index contributed by atoms with van der Waals surface area (Å²) in [5.41, 5.74) is -0.915. The van der Waals surface area contributed by atoms with E-state index in [9.17, 15) is 14.7 Å². The minimum atomic E-state index is -1.23. The number of hydrogen-bond acceptors (Lipinski definition) is 3. The van der Waals surface area contributed by atoms with Crippen LogP contribution in [0.3, 0.4) is 0 Å². The maximum absolute atomic E-state index is 12.3. The number of carbonyl (C=O) groups excluding carboxylic acids is 1. The fourth-order valence-corrected chi connectivity index (χ4v) is 2.74. The van der Waals surface area contributed by atoms with Crippen LogP contribution in [-0.4, -0.2) is 28.8 Å². The van der Waals surface area contributed by atoms with Gasteiger partial charge in [0.25, 0.3) is 5.91 Å². The molecular formula is C14H16ClNO3S. The normalized spacial score (nSPS) is 17.4. The molecule has 6 heteroatoms. The maximum Gasteiger partial charge on any atom is 0.329 e. The number of thioether (sulfide) groups is 1. The Morgan fingerprint density at radius 2 is 2.10 bits per heavy atom. The number of carboxylic acid groups (broad SMARTS) is 1. The highest BCUT2D eigenvalue weighted by Gasteiger charge is 2.48. The molecule has 1 unspecified atom stereocenters. The SMILES string of the molecule is CSc1ccc(Cl)c(C(=O)NC(C)(C(=O)O)C2CC2)c1. The zero-order valence-corrected chi connectivity index (χ0v) is 12.8. The Morgan fingerprint density at radius 1 is 1.45 bits per heavy atom. The minimum Gasteiger partial charge on any atom is -0.480 e. The number of rotatable bonds is 5. The molecule has 4 nitrogen and oxygen atoms in total. The molecule has 2 N–H and O–H groups in total. The molecular weight excluding hydrogens is 298 g/mol. The van der Waals surface area contributed by atoms with E-state index in [0.717, 1.165) is 17.7 Å². The van der Waals surface area contributed by atoms with Gasteiger partial charge in [-0.3, -0.25) is 4.79 Å². The second-order valence-corrected chi connectivity index (χ2v) is 6.37. The van der Waals surface area contributed by atoms with Gasteiger partial charge in [-0.15, -0.1) is 11.8 Å². The van der Waals surface area contributed by atoms with Crippen molar-refractivity contribution in [1.82, 2.24) is 5.32 Å². The summed E-state index contributed by atoms with van der Waals surface area (Å²) in [5.74, 6) is -1.46. The van der Waals surface area contributed by atoms with Crippen LogP contribution in [0.25, 0.3) is 0 Å². The highest BCUT2D eigenvalue weighted by Crippen LogP contribution is 2.40. The Hall–Kier alpha value is -1.20. The fourth-order valence-electron chi connectivity index (χ4n) is 2.10. The third-order valence-electron chi connectivity index (χ3n) is 3.63. The molecule has 1 saturated carbocycles. The molecule has 0 aliphatic heterocycles. The van der Waals surface area contributed by atoms with Crippen molar-refractivity contribution in [2.45, 2.75) is 30.2 Å². The van der Waals surface area contributed by atoms with E-state index >= 15 is 0 Å². The van der Waals surface area contributed by atoms with Crippen LogP contribution in [0.5, 0.6) is 0 Å². The summed E-state index contributed by atoms with van der Waals surface area (Å²) in [7, 11) is 0. The first kappa shape index (κ1) is 15.2. The van der Waals surface area contributed by atoms with Crippen molar-refractivity contribution in [3.63, 3.8) is 0 Å². The molecule has 1 aliphatic carbocycles. The van der Waals surface area contributed by atoms with Crippen LogP contribution in [0.15, 0.2) is 23.1 Å². The molecule has 1 amide bonds. The van der Waals surface area contributed by atoms with Gasteiger partial charge in [-0.2, -0.15) is 0 Å². The summed E-state index contributed by atoms with van der Waals surface area (Å²) in [4.78, 5) is 24.6. The number of carbonyl (C=O) groups is 2. The maximum atomic E-state index is 12.3. The van der Waals surface area contributed by atoms with E-state index in [1.54, 1.807) is 19.1 Å². The second kappa shape index (κ2) is 5.66. The van der Waals surface area contributed by atoms with Gasteiger partial charge in [-0.25, -0.2) is 4.79 Å². The number of nitrogens with one attached hydrogen (secondary N) is 1. The van der Waals surface area contributed by atoms with Gasteiger partial charge >= 0.3 is 5.97 Å². The Bertz CT molecular complexity index is 559. The van der Waals surface area contributed by atoms with E-state index in [0.29, 0.717) is 10.6 Å². The van der Waals surface area contributed by atoms with Gasteiger partial charge in [-0.1, -0.05) is 11.6 Å². The lowest BCUT2D eigenvalue weighted by Crippen LogP contribution is -2.54. The second-order valence-electron chi connectivity index (χ2n) is 5.08. The third-order valence-corrected chi connectivity index (χ3v) is 4.68. The predicted octanol–water partition coefficient (Wildman–Crippen LogP) is 3.05. The molecule has 1 fully saturated rings. The highest BCUT2D eigenvalue weighted by atomic mass is 35.5. The quantitative estimate of drug-likeness (QED) is 0.820. The lowest BCUT2D eigenvalue weighted by Gasteiger charge is -2.26. The summed E-state index contributed by atoms with van der Waals surface area (Å²) in [5, 5.41) is 12.3. The molecule has 108 valence electrons. The average molecular weight is 314 g/mol. The van der Waals surface area contributed by atoms with E-state index < -0.39 is 17.4 Å². The van der Waals surface area contributed by atoms with Gasteiger partial charge in [0.1, 0.15) is 5.54 Å². The molecule has 2 rings (SSSR count). The molecule has 0 spiro atoms. The van der Waals surface area contributed by atoms with Crippen molar-refractivity contribution in [1.29, 1.82) is 0 Å². The molecule has 1 atom stereocenters. The van der Waals surface area contributed by atoms with Gasteiger partial charge in [0, 0.05) is 4.90 Å². The van der Waals surface area contributed by atoms with Crippen LogP contribution in [0.4, 0.5) is 0 Å². The Balaban J connectivity index is 2.25. The first-order chi connectivity index (χ1) is 9.38. The van der Waals surface area contributed by atoms with Crippen LogP contribution >= 0.6 is 23.4 Å². The number of amides is 1. The lowest BCUT2D eigenvalue weighted by atomic mass is 9.95. The van der Waals surface area contributed by atoms with E-state index in [2.05, 4.69) is 5.32 Å². The standard InChI is InChI=1S/C14H16ClNO3S/c1-14(13(18)19,8-3-4-8)16-12(17)10-7-9(20-2)5-6-11(10)15/h5-8H,3-4H2,1-2H3,(H,16,17)(H,18,19). The highest BCUT2D eigenvalue weighted by molar-refractivity contribution is 7.98. The smallest absolute Gasteiger partial charge is 0.329 e. The van der Waals surface area contributed by atoms with Crippen molar-refractivity contribution in [2.75, 3.05) is 6.26 Å². The summed E-state index contributed by atoms with van der Waals surface area (Å²) >= 11 is 7.53. The largest absolute Gasteiger partial charge is 0.480 e. The minimum absolute atomic E-state index is 0.00791. The monoisotopic (exact) mass is 313 g/mol. The molecule has 0 radical (unpaired) electrons. The van der Waals surface area contributed by atoms with Gasteiger partial charge < -0.3 is 10.4 Å². The van der Waals surface area contributed by atoms with Crippen molar-refractivity contribution in [2.24, 2.45) is 5.92 Å². The molecule has 1 aliphatic rings. The zero-order chi connectivity index (χ0) is 14.9. The van der Waals surface area contributed by atoms with Crippen LogP contribution in [-0.2, 0) is 4.79 Å². The van der Waals surface area contributed by atoms with Crippen molar-refractivity contribution in [3.05, 3.63) is 28.8 Å². The Kier molecular flexibility index (Phi) is 4.30. The van der Waals surface area contributed by atoms with Crippen molar-refractivity contribution in [3.8, 4) is 0 Å². The van der Waals surface area contributed by atoms with Crippen molar-refractivity contribution >= 4 is 35.2 Å². The molecule has 0 heterocycles. The molecule has 20 heavy (non-hydrogen) atoms. The number of halogens is 1. The number of aliphatic carboxylic acids is 1. The topological polar surface area (TPSA) is 66.4 Å². The summed E-state index contributed by atoms with van der Waals surface area (Å²) in [6, 6.07) is 5.15. The zero-order valence-electron chi connectivity index (χ0n) is 11.3. The van der Waals surface area contributed by atoms with Gasteiger partial charge in [0.2, 0.25) is 0 Å². The van der Waals surface area contributed by atoms with Crippen LogP contribution in [0, 0.1) is 5.92 Å². The number of benzene rings is 1. The van der Waals surface area contributed by atoms with E-state index in [-0.39, 0.29) is 5.92 Å². The fraction of sp³-hybridized carbons (Fsp3) is 0.429. The van der Waals surface area contributed by atoms with Crippen LogP contribution < -0.4 is 5.32 Å². The van der Waals surface area contributed by atoms with E-state index in [1.165, 1.54) is 11.8 Å². The Morgan fingerprint density at radius 3 is 2.60 bits per heavy atom. The number of carboxylic acids is 1. The predicted molar refractivity (Wildman–Crippen MR) is 79.5 cm³/mol. The van der Waals surface area contributed by atoms with Gasteiger partial charge in [-0.05, 0) is 50.1 Å². The number of hydrogen-bond donors (Lipinski definition) is 2. The molecule has 0 saturated heterocycles. The van der Waals surface area contributed by atoms with E-state index in [1.807, 2.05) is 12.3 Å². The molecule has 1 aromatic carbocycles. The van der Waals surface area contributed by atoms with Crippen LogP contribution in [0.1, 0.15) is 30.1 Å². The molecule has 0 aromatic heterocycles. The van der Waals surface area contributed by atoms with Gasteiger partial charge in [0.05, 0.1) is 10.6 Å². The summed E-state index contributed by atoms with van der Waals surface area (Å²) < 4.78 is 0. The lowest BCUT2D eigenvalue weighted by molar-refractivity contribution is -0.144. The van der Waals surface area contributed by atoms with E-state index in [4.69, 9.17) is 11.6 Å². The van der Waals surface area contributed by atoms with Gasteiger partial charge in [0.15, 0.2) is 0 Å². The first-order valence-electron chi connectivity index (χ1n) is 6.28.